The summed E-state index contributed by atoms with van der Waals surface area (Å²) in [5, 5.41) is 17.6. The molecule has 0 aromatic carbocycles. The molecule has 0 aliphatic heterocycles. The van der Waals surface area contributed by atoms with Gasteiger partial charge in [0.15, 0.2) is 0 Å². The maximum absolute atomic E-state index is 13.2. The van der Waals surface area contributed by atoms with Crippen LogP contribution in [0.4, 0.5) is 0 Å². The minimum Gasteiger partial charge on any atom is -0.480 e. The molecule has 9 nitrogen and oxygen atoms in total. The zero-order chi connectivity index (χ0) is 25.7. The van der Waals surface area contributed by atoms with Crippen molar-refractivity contribution in [3.8, 4) is 0 Å². The van der Waals surface area contributed by atoms with Crippen molar-refractivity contribution in [2.24, 2.45) is 23.5 Å². The second-order valence-corrected chi connectivity index (χ2v) is 9.83. The molecule has 0 fully saturated rings. The van der Waals surface area contributed by atoms with E-state index in [0.29, 0.717) is 25.7 Å². The van der Waals surface area contributed by atoms with Crippen LogP contribution in [0.15, 0.2) is 0 Å². The molecule has 0 bridgehead atoms. The molecule has 7 unspecified atom stereocenters. The second kappa shape index (κ2) is 15.9. The van der Waals surface area contributed by atoms with Gasteiger partial charge in [-0.1, -0.05) is 60.8 Å². The summed E-state index contributed by atoms with van der Waals surface area (Å²) in [6.45, 7) is 11.1. The number of hydrogen-bond donors (Lipinski definition) is 5. The van der Waals surface area contributed by atoms with Crippen molar-refractivity contribution < 1.29 is 24.3 Å². The third-order valence-electron chi connectivity index (χ3n) is 6.33. The monoisotopic (exact) mass is 488 g/mol. The minimum absolute atomic E-state index is 0.186. The molecule has 33 heavy (non-hydrogen) atoms. The van der Waals surface area contributed by atoms with Gasteiger partial charge in [0, 0.05) is 0 Å². The predicted octanol–water partition coefficient (Wildman–Crippen LogP) is 1.74. The zero-order valence-corrected chi connectivity index (χ0v) is 22.0. The Balaban J connectivity index is 5.60. The minimum atomic E-state index is -1.11. The van der Waals surface area contributed by atoms with Crippen molar-refractivity contribution in [1.29, 1.82) is 0 Å². The number of carbonyl (C=O) groups is 4. The predicted molar refractivity (Wildman–Crippen MR) is 133 cm³/mol. The van der Waals surface area contributed by atoms with E-state index in [1.165, 1.54) is 0 Å². The molecular weight excluding hydrogens is 444 g/mol. The highest BCUT2D eigenvalue weighted by molar-refractivity contribution is 7.98. The van der Waals surface area contributed by atoms with Gasteiger partial charge in [-0.25, -0.2) is 4.79 Å². The fraction of sp³-hybridized carbons (Fsp3) is 0.826. The van der Waals surface area contributed by atoms with Crippen LogP contribution in [0.5, 0.6) is 0 Å². The first-order valence-corrected chi connectivity index (χ1v) is 13.2. The molecule has 0 aromatic heterocycles. The standard InChI is InChI=1S/C23H44N4O5S/c1-8-13(4)17(25-20(28)16(24)11-12-33-7)21(29)26-18(14(5)9-2)22(30)27-19(23(31)32)15(6)10-3/h13-19H,8-12,24H2,1-7H3,(H,25,28)(H,26,29)(H,27,30)(H,31,32). The molecule has 10 heteroatoms. The number of carboxylic acid groups (broad SMARTS) is 1. The van der Waals surface area contributed by atoms with Crippen LogP contribution < -0.4 is 21.7 Å². The third kappa shape index (κ3) is 10.3. The maximum Gasteiger partial charge on any atom is 0.326 e. The Bertz CT molecular complexity index is 648. The van der Waals surface area contributed by atoms with Gasteiger partial charge in [0.1, 0.15) is 18.1 Å². The highest BCUT2D eigenvalue weighted by atomic mass is 32.2. The van der Waals surface area contributed by atoms with Crippen LogP contribution in [0, 0.1) is 17.8 Å². The summed E-state index contributed by atoms with van der Waals surface area (Å²) in [6.07, 6.45) is 4.23. The molecule has 0 aromatic rings. The largest absolute Gasteiger partial charge is 0.480 e. The summed E-state index contributed by atoms with van der Waals surface area (Å²) in [6, 6.07) is -3.56. The molecule has 7 atom stereocenters. The molecule has 0 rings (SSSR count). The van der Waals surface area contributed by atoms with Crippen LogP contribution in [0.25, 0.3) is 0 Å². The van der Waals surface area contributed by atoms with Crippen molar-refractivity contribution in [3.05, 3.63) is 0 Å². The quantitative estimate of drug-likeness (QED) is 0.222. The molecule has 3 amide bonds. The Labute approximate surface area is 202 Å². The fourth-order valence-corrected chi connectivity index (χ4v) is 3.70. The van der Waals surface area contributed by atoms with Crippen LogP contribution in [-0.4, -0.2) is 65.0 Å². The molecule has 0 aliphatic carbocycles. The van der Waals surface area contributed by atoms with Gasteiger partial charge in [0.25, 0.3) is 0 Å². The topological polar surface area (TPSA) is 151 Å². The molecule has 0 radical (unpaired) electrons. The van der Waals surface area contributed by atoms with Gasteiger partial charge in [-0.2, -0.15) is 11.8 Å². The van der Waals surface area contributed by atoms with Gasteiger partial charge >= 0.3 is 5.97 Å². The Morgan fingerprint density at radius 1 is 0.758 bits per heavy atom. The number of amides is 3. The second-order valence-electron chi connectivity index (χ2n) is 8.84. The fourth-order valence-electron chi connectivity index (χ4n) is 3.21. The average molecular weight is 489 g/mol. The van der Waals surface area contributed by atoms with Crippen LogP contribution in [0.2, 0.25) is 0 Å². The van der Waals surface area contributed by atoms with Crippen LogP contribution in [0.3, 0.4) is 0 Å². The number of carboxylic acids is 1. The summed E-state index contributed by atoms with van der Waals surface area (Å²) >= 11 is 1.59. The van der Waals surface area contributed by atoms with E-state index in [0.717, 1.165) is 5.75 Å². The van der Waals surface area contributed by atoms with Crippen LogP contribution >= 0.6 is 11.8 Å². The summed E-state index contributed by atoms with van der Waals surface area (Å²) in [5.74, 6) is -2.51. The number of nitrogens with two attached hydrogens (primary N) is 1. The molecule has 0 saturated carbocycles. The molecule has 0 spiro atoms. The number of thioether (sulfide) groups is 1. The Morgan fingerprint density at radius 2 is 1.12 bits per heavy atom. The third-order valence-corrected chi connectivity index (χ3v) is 6.98. The van der Waals surface area contributed by atoms with E-state index in [1.807, 2.05) is 40.9 Å². The summed E-state index contributed by atoms with van der Waals surface area (Å²) < 4.78 is 0. The molecule has 6 N–H and O–H groups in total. The maximum atomic E-state index is 13.2. The van der Waals surface area contributed by atoms with Crippen LogP contribution in [0.1, 0.15) is 67.2 Å². The van der Waals surface area contributed by atoms with Gasteiger partial charge < -0.3 is 26.8 Å². The van der Waals surface area contributed by atoms with Crippen molar-refractivity contribution in [2.45, 2.75) is 91.4 Å². The number of hydrogen-bond acceptors (Lipinski definition) is 6. The number of carbonyl (C=O) groups excluding carboxylic acids is 3. The lowest BCUT2D eigenvalue weighted by molar-refractivity contribution is -0.144. The van der Waals surface area contributed by atoms with Gasteiger partial charge in [0.05, 0.1) is 6.04 Å². The smallest absolute Gasteiger partial charge is 0.326 e. The number of nitrogens with one attached hydrogen (secondary N) is 3. The molecular formula is C23H44N4O5S. The molecule has 0 heterocycles. The highest BCUT2D eigenvalue weighted by Gasteiger charge is 2.35. The van der Waals surface area contributed by atoms with Crippen molar-refractivity contribution >= 4 is 35.5 Å². The highest BCUT2D eigenvalue weighted by Crippen LogP contribution is 2.14. The molecule has 0 saturated heterocycles. The lowest BCUT2D eigenvalue weighted by atomic mass is 9.93. The first-order chi connectivity index (χ1) is 15.4. The van der Waals surface area contributed by atoms with Crippen molar-refractivity contribution in [3.63, 3.8) is 0 Å². The Kier molecular flexibility index (Phi) is 15.1. The Morgan fingerprint density at radius 3 is 1.48 bits per heavy atom. The van der Waals surface area contributed by atoms with Crippen LogP contribution in [-0.2, 0) is 19.2 Å². The van der Waals surface area contributed by atoms with E-state index in [1.54, 1.807) is 18.7 Å². The lowest BCUT2D eigenvalue weighted by Crippen LogP contribution is -2.60. The lowest BCUT2D eigenvalue weighted by Gasteiger charge is -2.30. The first kappa shape index (κ1) is 31.2. The summed E-state index contributed by atoms with van der Waals surface area (Å²) in [5.41, 5.74) is 5.96. The normalized spacial score (nSPS) is 17.6. The van der Waals surface area contributed by atoms with E-state index in [2.05, 4.69) is 16.0 Å². The van der Waals surface area contributed by atoms with E-state index < -0.39 is 47.9 Å². The van der Waals surface area contributed by atoms with E-state index in [9.17, 15) is 24.3 Å². The SMILES string of the molecule is CCC(C)C(NC(=O)C(NC(=O)C(NC(=O)C(N)CCSC)C(C)CC)C(C)CC)C(=O)O. The zero-order valence-electron chi connectivity index (χ0n) is 21.1. The van der Waals surface area contributed by atoms with Crippen molar-refractivity contribution in [1.82, 2.24) is 16.0 Å². The summed E-state index contributed by atoms with van der Waals surface area (Å²) in [4.78, 5) is 50.4. The van der Waals surface area contributed by atoms with E-state index in [4.69, 9.17) is 5.73 Å². The Hall–Kier alpha value is -1.81. The van der Waals surface area contributed by atoms with E-state index in [-0.39, 0.29) is 17.8 Å². The number of rotatable bonds is 16. The molecule has 0 aliphatic rings. The van der Waals surface area contributed by atoms with Gasteiger partial charge in [0.2, 0.25) is 17.7 Å². The first-order valence-electron chi connectivity index (χ1n) is 11.8. The van der Waals surface area contributed by atoms with Crippen molar-refractivity contribution in [2.75, 3.05) is 12.0 Å². The molecule has 192 valence electrons. The van der Waals surface area contributed by atoms with Gasteiger partial charge in [-0.05, 0) is 36.2 Å². The average Bonchev–Trinajstić information content (AvgIpc) is 2.80. The number of aliphatic carboxylic acids is 1. The van der Waals surface area contributed by atoms with Gasteiger partial charge in [-0.15, -0.1) is 0 Å². The van der Waals surface area contributed by atoms with E-state index >= 15 is 0 Å². The summed E-state index contributed by atoms with van der Waals surface area (Å²) in [7, 11) is 0. The van der Waals surface area contributed by atoms with Gasteiger partial charge in [-0.3, -0.25) is 14.4 Å².